The molecule has 0 spiro atoms. The Kier molecular flexibility index (Phi) is 6.66. The van der Waals surface area contributed by atoms with E-state index in [0.29, 0.717) is 0 Å². The molecule has 3 aromatic heterocycles. The average molecular weight is 756 g/mol. The fraction of sp³-hybridized carbons (Fsp3) is 0. The van der Waals surface area contributed by atoms with Gasteiger partial charge in [0.25, 0.3) is 0 Å². The van der Waals surface area contributed by atoms with Crippen LogP contribution in [0.1, 0.15) is 0 Å². The van der Waals surface area contributed by atoms with Crippen molar-refractivity contribution in [2.75, 3.05) is 0 Å². The van der Waals surface area contributed by atoms with Crippen LogP contribution in [0.15, 0.2) is 210 Å². The van der Waals surface area contributed by atoms with Gasteiger partial charge in [-0.1, -0.05) is 121 Å². The molecule has 0 aliphatic carbocycles. The summed E-state index contributed by atoms with van der Waals surface area (Å²) < 4.78 is 7.25. The van der Waals surface area contributed by atoms with Gasteiger partial charge in [0, 0.05) is 53.5 Å². The van der Waals surface area contributed by atoms with E-state index in [1.54, 1.807) is 0 Å². The third kappa shape index (κ3) is 4.52. The molecule has 3 nitrogen and oxygen atoms in total. The van der Waals surface area contributed by atoms with E-state index >= 15 is 0 Å². The second kappa shape index (κ2) is 12.1. The molecule has 9 aromatic carbocycles. The first kappa shape index (κ1) is 31.9. The van der Waals surface area contributed by atoms with E-state index in [9.17, 15) is 0 Å². The van der Waals surface area contributed by atoms with Crippen LogP contribution >= 0.6 is 11.8 Å². The summed E-state index contributed by atoms with van der Waals surface area (Å²) in [5.74, 6) is 0. The van der Waals surface area contributed by atoms with Gasteiger partial charge in [0.05, 0.1) is 38.8 Å². The van der Waals surface area contributed by atoms with Crippen LogP contribution in [-0.4, -0.2) is 13.7 Å². The predicted molar refractivity (Wildman–Crippen MR) is 244 cm³/mol. The normalized spacial score (nSPS) is 12.4. The average Bonchev–Trinajstić information content (AvgIpc) is 3.93. The minimum atomic E-state index is 1.15. The van der Waals surface area contributed by atoms with Gasteiger partial charge in [0.2, 0.25) is 0 Å². The molecule has 270 valence electrons. The van der Waals surface area contributed by atoms with Crippen molar-refractivity contribution in [3.8, 4) is 39.3 Å². The molecule has 0 saturated carbocycles. The van der Waals surface area contributed by atoms with E-state index < -0.39 is 0 Å². The Morgan fingerprint density at radius 3 is 1.38 bits per heavy atom. The number of nitrogens with zero attached hydrogens (tertiary/aromatic N) is 3. The van der Waals surface area contributed by atoms with Gasteiger partial charge in [-0.3, -0.25) is 0 Å². The monoisotopic (exact) mass is 755 g/mol. The van der Waals surface area contributed by atoms with Gasteiger partial charge < -0.3 is 13.7 Å². The Morgan fingerprint density at radius 2 is 0.741 bits per heavy atom. The Balaban J connectivity index is 0.922. The van der Waals surface area contributed by atoms with Gasteiger partial charge in [-0.25, -0.2) is 0 Å². The van der Waals surface area contributed by atoms with Gasteiger partial charge in [0.1, 0.15) is 0 Å². The van der Waals surface area contributed by atoms with Gasteiger partial charge in [0.15, 0.2) is 0 Å². The third-order valence-electron chi connectivity index (χ3n) is 12.2. The van der Waals surface area contributed by atoms with Crippen molar-refractivity contribution >= 4 is 77.2 Å². The summed E-state index contributed by atoms with van der Waals surface area (Å²) in [6.07, 6.45) is 0. The molecule has 0 unspecified atom stereocenters. The number of rotatable bonds is 4. The summed E-state index contributed by atoms with van der Waals surface area (Å²) in [6, 6.07) is 73.6. The zero-order chi connectivity index (χ0) is 37.9. The fourth-order valence-corrected chi connectivity index (χ4v) is 10.8. The quantitative estimate of drug-likeness (QED) is 0.175. The maximum absolute atomic E-state index is 2.45. The van der Waals surface area contributed by atoms with Crippen molar-refractivity contribution in [1.82, 2.24) is 13.7 Å². The first-order valence-electron chi connectivity index (χ1n) is 19.8. The summed E-state index contributed by atoms with van der Waals surface area (Å²) in [5, 5.41) is 7.62. The van der Waals surface area contributed by atoms with Crippen LogP contribution < -0.4 is 0 Å². The summed E-state index contributed by atoms with van der Waals surface area (Å²) in [6.45, 7) is 0. The zero-order valence-electron chi connectivity index (χ0n) is 31.3. The van der Waals surface area contributed by atoms with Gasteiger partial charge in [-0.15, -0.1) is 0 Å². The van der Waals surface area contributed by atoms with Gasteiger partial charge >= 0.3 is 0 Å². The van der Waals surface area contributed by atoms with Crippen molar-refractivity contribution in [2.45, 2.75) is 9.79 Å². The number of para-hydroxylation sites is 5. The number of hydrogen-bond donors (Lipinski definition) is 0. The zero-order valence-corrected chi connectivity index (χ0v) is 32.1. The highest BCUT2D eigenvalue weighted by atomic mass is 32.2. The molecule has 0 saturated heterocycles. The van der Waals surface area contributed by atoms with Crippen LogP contribution in [0.25, 0.3) is 105 Å². The molecule has 4 heteroatoms. The summed E-state index contributed by atoms with van der Waals surface area (Å²) in [4.78, 5) is 2.58. The molecule has 1 aliphatic rings. The molecule has 58 heavy (non-hydrogen) atoms. The first-order valence-corrected chi connectivity index (χ1v) is 20.7. The molecule has 13 rings (SSSR count). The van der Waals surface area contributed by atoms with E-state index in [0.717, 1.165) is 5.69 Å². The van der Waals surface area contributed by atoms with E-state index in [2.05, 4.69) is 214 Å². The molecule has 1 aliphatic heterocycles. The van der Waals surface area contributed by atoms with Crippen molar-refractivity contribution in [1.29, 1.82) is 0 Å². The molecule has 0 bridgehead atoms. The maximum atomic E-state index is 2.45. The minimum absolute atomic E-state index is 1.15. The van der Waals surface area contributed by atoms with E-state index in [1.807, 2.05) is 11.8 Å². The van der Waals surface area contributed by atoms with Crippen LogP contribution in [0.4, 0.5) is 0 Å². The Labute approximate surface area is 338 Å². The summed E-state index contributed by atoms with van der Waals surface area (Å²) in [7, 11) is 0. The standard InChI is InChI=1S/C54H33N3S/c1-2-12-38(13-3-1)55-46-17-7-4-14-40(46)43-30-35(24-28-49(43)55)36-25-29-50-44(31-36)41-15-5-8-18-47(41)56(50)39-26-22-34(23-27-39)37-32-45-42-16-6-9-19-48(42)57-51-20-10-11-21-52(51)58-53(33-37)54(45)57/h1-33H. The predicted octanol–water partition coefficient (Wildman–Crippen LogP) is 14.8. The van der Waals surface area contributed by atoms with E-state index in [1.165, 1.54) is 109 Å². The summed E-state index contributed by atoms with van der Waals surface area (Å²) in [5.41, 5.74) is 15.9. The molecule has 0 N–H and O–H groups in total. The highest BCUT2D eigenvalue weighted by Gasteiger charge is 2.24. The molecule has 0 radical (unpaired) electrons. The highest BCUT2D eigenvalue weighted by Crippen LogP contribution is 2.48. The molecular weight excluding hydrogens is 723 g/mol. The van der Waals surface area contributed by atoms with Crippen LogP contribution in [-0.2, 0) is 0 Å². The Hall–Kier alpha value is -7.27. The van der Waals surface area contributed by atoms with Crippen molar-refractivity contribution < 1.29 is 0 Å². The summed E-state index contributed by atoms with van der Waals surface area (Å²) >= 11 is 1.88. The third-order valence-corrected chi connectivity index (χ3v) is 13.3. The Bertz CT molecular complexity index is 3640. The molecule has 0 atom stereocenters. The first-order chi connectivity index (χ1) is 28.8. The molecular formula is C54H33N3S. The topological polar surface area (TPSA) is 14.8 Å². The lowest BCUT2D eigenvalue weighted by atomic mass is 10.0. The van der Waals surface area contributed by atoms with E-state index in [-0.39, 0.29) is 0 Å². The lowest BCUT2D eigenvalue weighted by Gasteiger charge is -2.20. The molecule has 0 amide bonds. The number of aromatic nitrogens is 3. The van der Waals surface area contributed by atoms with Crippen molar-refractivity contribution in [3.05, 3.63) is 200 Å². The van der Waals surface area contributed by atoms with E-state index in [4.69, 9.17) is 0 Å². The van der Waals surface area contributed by atoms with Crippen molar-refractivity contribution in [2.24, 2.45) is 0 Å². The molecule has 4 heterocycles. The Morgan fingerprint density at radius 1 is 0.276 bits per heavy atom. The van der Waals surface area contributed by atoms with Crippen molar-refractivity contribution in [3.63, 3.8) is 0 Å². The van der Waals surface area contributed by atoms with Crippen LogP contribution in [0.5, 0.6) is 0 Å². The largest absolute Gasteiger partial charge is 0.309 e. The maximum Gasteiger partial charge on any atom is 0.0681 e. The van der Waals surface area contributed by atoms with Crippen LogP contribution in [0.2, 0.25) is 0 Å². The lowest BCUT2D eigenvalue weighted by Crippen LogP contribution is -2.01. The van der Waals surface area contributed by atoms with Gasteiger partial charge in [-0.2, -0.15) is 0 Å². The van der Waals surface area contributed by atoms with Crippen LogP contribution in [0.3, 0.4) is 0 Å². The number of fused-ring (bicyclic) bond motifs is 11. The molecule has 12 aromatic rings. The lowest BCUT2D eigenvalue weighted by molar-refractivity contribution is 1.09. The van der Waals surface area contributed by atoms with Gasteiger partial charge in [-0.05, 0) is 113 Å². The second-order valence-electron chi connectivity index (χ2n) is 15.3. The highest BCUT2D eigenvalue weighted by molar-refractivity contribution is 7.99. The smallest absolute Gasteiger partial charge is 0.0681 e. The SMILES string of the molecule is c1ccc(-n2c3ccccc3c3cc(-c4ccc5c(c4)c4ccccc4n5-c4ccc(-c5cc6c7c(c5)c5ccccc5n7-c5ccccc5S6)cc4)ccc32)cc1. The fourth-order valence-electron chi connectivity index (χ4n) is 9.64. The molecule has 0 fully saturated rings. The minimum Gasteiger partial charge on any atom is -0.309 e. The second-order valence-corrected chi connectivity index (χ2v) is 16.4. The number of hydrogen-bond acceptors (Lipinski definition) is 1. The van der Waals surface area contributed by atoms with Crippen LogP contribution in [0, 0.1) is 0 Å². The number of benzene rings is 9.